The van der Waals surface area contributed by atoms with Crippen molar-refractivity contribution in [3.63, 3.8) is 0 Å². The van der Waals surface area contributed by atoms with Crippen LogP contribution in [0.5, 0.6) is 0 Å². The van der Waals surface area contributed by atoms with Crippen molar-refractivity contribution < 1.29 is 4.39 Å². The number of nitrogens with zero attached hydrogens (tertiary/aromatic N) is 1. The first kappa shape index (κ1) is 10.4. The van der Waals surface area contributed by atoms with Crippen LogP contribution in [0.4, 0.5) is 10.2 Å². The number of halogens is 1. The molecule has 0 unspecified atom stereocenters. The lowest BCUT2D eigenvalue weighted by atomic mass is 10.1. The molecule has 0 bridgehead atoms. The molecule has 0 radical (unpaired) electrons. The maximum atomic E-state index is 13.1. The van der Waals surface area contributed by atoms with Crippen LogP contribution in [-0.4, -0.2) is 24.1 Å². The number of rotatable bonds is 4. The fourth-order valence-electron chi connectivity index (χ4n) is 1.88. The summed E-state index contributed by atoms with van der Waals surface area (Å²) in [7, 11) is 0. The van der Waals surface area contributed by atoms with Crippen LogP contribution in [0.2, 0.25) is 0 Å². The summed E-state index contributed by atoms with van der Waals surface area (Å²) in [6, 6.07) is 3.60. The molecular formula is C11H16FN3. The molecule has 2 N–H and O–H groups in total. The molecule has 0 amide bonds. The van der Waals surface area contributed by atoms with E-state index in [4.69, 9.17) is 0 Å². The molecule has 1 aromatic heterocycles. The number of aromatic nitrogens is 1. The van der Waals surface area contributed by atoms with Gasteiger partial charge in [0.15, 0.2) is 11.6 Å². The Kier molecular flexibility index (Phi) is 3.50. The number of nitrogens with one attached hydrogen (secondary N) is 2. The van der Waals surface area contributed by atoms with Crippen LogP contribution in [-0.2, 0) is 0 Å². The van der Waals surface area contributed by atoms with Crippen molar-refractivity contribution in [3.8, 4) is 0 Å². The van der Waals surface area contributed by atoms with Crippen molar-refractivity contribution in [2.45, 2.75) is 25.3 Å². The van der Waals surface area contributed by atoms with Gasteiger partial charge in [0.1, 0.15) is 0 Å². The predicted octanol–water partition coefficient (Wildman–Crippen LogP) is 1.77. The summed E-state index contributed by atoms with van der Waals surface area (Å²) in [5.41, 5.74) is 0. The van der Waals surface area contributed by atoms with Gasteiger partial charge in [-0.1, -0.05) is 0 Å². The first-order chi connectivity index (χ1) is 7.36. The molecule has 15 heavy (non-hydrogen) atoms. The van der Waals surface area contributed by atoms with Crippen molar-refractivity contribution in [2.24, 2.45) is 0 Å². The average Bonchev–Trinajstić information content (AvgIpc) is 2.74. The molecule has 0 spiro atoms. The third kappa shape index (κ3) is 2.89. The van der Waals surface area contributed by atoms with Gasteiger partial charge in [-0.15, -0.1) is 0 Å². The average molecular weight is 209 g/mol. The summed E-state index contributed by atoms with van der Waals surface area (Å²) < 4.78 is 13.1. The van der Waals surface area contributed by atoms with Crippen molar-refractivity contribution in [1.82, 2.24) is 10.3 Å². The fourth-order valence-corrected chi connectivity index (χ4v) is 1.88. The predicted molar refractivity (Wildman–Crippen MR) is 58.3 cm³/mol. The first-order valence-electron chi connectivity index (χ1n) is 5.44. The van der Waals surface area contributed by atoms with Crippen molar-refractivity contribution in [2.75, 3.05) is 18.4 Å². The lowest BCUT2D eigenvalue weighted by Crippen LogP contribution is -2.24. The first-order valence-corrected chi connectivity index (χ1v) is 5.44. The van der Waals surface area contributed by atoms with Crippen LogP contribution in [0.3, 0.4) is 0 Å². The SMILES string of the molecule is Fc1cccnc1NCC[C@H]1CCCN1. The highest BCUT2D eigenvalue weighted by molar-refractivity contribution is 5.35. The zero-order valence-electron chi connectivity index (χ0n) is 8.67. The fraction of sp³-hybridized carbons (Fsp3) is 0.545. The smallest absolute Gasteiger partial charge is 0.165 e. The molecule has 0 saturated carbocycles. The van der Waals surface area contributed by atoms with Gasteiger partial charge in [-0.05, 0) is 37.9 Å². The van der Waals surface area contributed by atoms with E-state index < -0.39 is 0 Å². The molecule has 1 aliphatic heterocycles. The molecular weight excluding hydrogens is 193 g/mol. The minimum Gasteiger partial charge on any atom is -0.368 e. The summed E-state index contributed by atoms with van der Waals surface area (Å²) in [6.07, 6.45) is 5.10. The second-order valence-corrected chi connectivity index (χ2v) is 3.84. The molecule has 2 rings (SSSR count). The van der Waals surface area contributed by atoms with Crippen LogP contribution in [0, 0.1) is 5.82 Å². The summed E-state index contributed by atoms with van der Waals surface area (Å²) >= 11 is 0. The van der Waals surface area contributed by atoms with E-state index in [1.807, 2.05) is 0 Å². The van der Waals surface area contributed by atoms with Gasteiger partial charge < -0.3 is 10.6 Å². The second kappa shape index (κ2) is 5.07. The number of hydrogen-bond acceptors (Lipinski definition) is 3. The highest BCUT2D eigenvalue weighted by Crippen LogP contribution is 2.11. The van der Waals surface area contributed by atoms with Crippen molar-refractivity contribution in [3.05, 3.63) is 24.1 Å². The van der Waals surface area contributed by atoms with E-state index in [0.29, 0.717) is 11.9 Å². The Morgan fingerprint density at radius 2 is 2.53 bits per heavy atom. The Labute approximate surface area is 89.1 Å². The largest absolute Gasteiger partial charge is 0.368 e. The Bertz CT molecular complexity index is 310. The van der Waals surface area contributed by atoms with Gasteiger partial charge in [-0.3, -0.25) is 0 Å². The van der Waals surface area contributed by atoms with Crippen molar-refractivity contribution in [1.29, 1.82) is 0 Å². The number of anilines is 1. The van der Waals surface area contributed by atoms with E-state index in [9.17, 15) is 4.39 Å². The Balaban J connectivity index is 1.75. The number of hydrogen-bond donors (Lipinski definition) is 2. The third-order valence-corrected chi connectivity index (χ3v) is 2.71. The molecule has 1 aliphatic rings. The van der Waals surface area contributed by atoms with Gasteiger partial charge in [-0.25, -0.2) is 9.37 Å². The third-order valence-electron chi connectivity index (χ3n) is 2.71. The monoisotopic (exact) mass is 209 g/mol. The van der Waals surface area contributed by atoms with Gasteiger partial charge in [0.05, 0.1) is 0 Å². The molecule has 0 aromatic carbocycles. The molecule has 2 heterocycles. The molecule has 82 valence electrons. The lowest BCUT2D eigenvalue weighted by Gasteiger charge is -2.11. The molecule has 1 fully saturated rings. The topological polar surface area (TPSA) is 37.0 Å². The van der Waals surface area contributed by atoms with E-state index in [1.54, 1.807) is 12.3 Å². The Morgan fingerprint density at radius 1 is 1.60 bits per heavy atom. The van der Waals surface area contributed by atoms with Crippen LogP contribution >= 0.6 is 0 Å². The molecule has 3 nitrogen and oxygen atoms in total. The highest BCUT2D eigenvalue weighted by Gasteiger charge is 2.13. The summed E-state index contributed by atoms with van der Waals surface area (Å²) in [6.45, 7) is 1.88. The summed E-state index contributed by atoms with van der Waals surface area (Å²) in [4.78, 5) is 3.94. The quantitative estimate of drug-likeness (QED) is 0.793. The van der Waals surface area contributed by atoms with Gasteiger partial charge in [0, 0.05) is 18.8 Å². The number of pyridine rings is 1. The van der Waals surface area contributed by atoms with Crippen LogP contribution in [0.15, 0.2) is 18.3 Å². The van der Waals surface area contributed by atoms with Gasteiger partial charge in [0.2, 0.25) is 0 Å². The van der Waals surface area contributed by atoms with Crippen molar-refractivity contribution >= 4 is 5.82 Å². The summed E-state index contributed by atoms with van der Waals surface area (Å²) in [5.74, 6) is 0.0763. The lowest BCUT2D eigenvalue weighted by molar-refractivity contribution is 0.570. The zero-order valence-corrected chi connectivity index (χ0v) is 8.67. The molecule has 0 aliphatic carbocycles. The van der Waals surface area contributed by atoms with E-state index in [2.05, 4.69) is 15.6 Å². The second-order valence-electron chi connectivity index (χ2n) is 3.84. The Hall–Kier alpha value is -1.16. The van der Waals surface area contributed by atoms with Crippen LogP contribution in [0.25, 0.3) is 0 Å². The summed E-state index contributed by atoms with van der Waals surface area (Å²) in [5, 5.41) is 6.42. The van der Waals surface area contributed by atoms with E-state index in [-0.39, 0.29) is 5.82 Å². The molecule has 1 saturated heterocycles. The molecule has 1 atom stereocenters. The minimum atomic E-state index is -0.281. The molecule has 1 aromatic rings. The normalized spacial score (nSPS) is 20.5. The molecule has 4 heteroatoms. The zero-order chi connectivity index (χ0) is 10.5. The maximum Gasteiger partial charge on any atom is 0.165 e. The van der Waals surface area contributed by atoms with E-state index >= 15 is 0 Å². The van der Waals surface area contributed by atoms with E-state index in [0.717, 1.165) is 19.5 Å². The van der Waals surface area contributed by atoms with Gasteiger partial charge in [0.25, 0.3) is 0 Å². The van der Waals surface area contributed by atoms with Gasteiger partial charge >= 0.3 is 0 Å². The van der Waals surface area contributed by atoms with Crippen LogP contribution < -0.4 is 10.6 Å². The van der Waals surface area contributed by atoms with Crippen LogP contribution in [0.1, 0.15) is 19.3 Å². The Morgan fingerprint density at radius 3 is 3.27 bits per heavy atom. The minimum absolute atomic E-state index is 0.281. The standard InChI is InChI=1S/C11H16FN3/c12-10-4-2-7-14-11(10)15-8-5-9-3-1-6-13-9/h2,4,7,9,13H,1,3,5-6,8H2,(H,14,15)/t9-/m1/s1. The highest BCUT2D eigenvalue weighted by atomic mass is 19.1. The van der Waals surface area contributed by atoms with Gasteiger partial charge in [-0.2, -0.15) is 0 Å². The maximum absolute atomic E-state index is 13.1. The van der Waals surface area contributed by atoms with E-state index in [1.165, 1.54) is 18.9 Å².